The number of benzene rings is 1. The van der Waals surface area contributed by atoms with Crippen molar-refractivity contribution >= 4 is 5.97 Å². The number of aryl methyl sites for hydroxylation is 2. The molecule has 1 N–H and O–H groups in total. The molecule has 0 spiro atoms. The second kappa shape index (κ2) is 7.62. The van der Waals surface area contributed by atoms with Gasteiger partial charge >= 0.3 is 11.7 Å². The third kappa shape index (κ3) is 4.21. The molecule has 1 aromatic heterocycles. The Morgan fingerprint density at radius 2 is 1.96 bits per heavy atom. The summed E-state index contributed by atoms with van der Waals surface area (Å²) in [6.45, 7) is 6.24. The van der Waals surface area contributed by atoms with Crippen molar-refractivity contribution in [2.24, 2.45) is 0 Å². The molecular formula is C16H22N4O3. The van der Waals surface area contributed by atoms with Crippen molar-refractivity contribution in [2.45, 2.75) is 40.3 Å². The lowest BCUT2D eigenvalue weighted by atomic mass is 10.1. The number of nitrogens with one attached hydrogen (secondary N) is 1. The van der Waals surface area contributed by atoms with Gasteiger partial charge < -0.3 is 10.2 Å². The average molecular weight is 318 g/mol. The van der Waals surface area contributed by atoms with Crippen LogP contribution in [0.3, 0.4) is 0 Å². The number of carbonyl (C=O) groups excluding carboxylic acids is 1. The van der Waals surface area contributed by atoms with E-state index in [-0.39, 0.29) is 18.8 Å². The molecule has 0 bridgehead atoms. The predicted octanol–water partition coefficient (Wildman–Crippen LogP) is 1.22. The molecule has 0 saturated carbocycles. The quantitative estimate of drug-likeness (QED) is 0.777. The molecule has 7 nitrogen and oxygen atoms in total. The van der Waals surface area contributed by atoms with E-state index in [4.69, 9.17) is 4.74 Å². The molecule has 1 heterocycles. The lowest BCUT2D eigenvalue weighted by Crippen LogP contribution is -2.33. The predicted molar refractivity (Wildman–Crippen MR) is 86.7 cm³/mol. The summed E-state index contributed by atoms with van der Waals surface area (Å²) in [6.07, 6.45) is 0.575. The third-order valence-corrected chi connectivity index (χ3v) is 3.37. The average Bonchev–Trinajstić information content (AvgIpc) is 2.83. The van der Waals surface area contributed by atoms with Crippen molar-refractivity contribution < 1.29 is 9.53 Å². The molecule has 0 aliphatic rings. The van der Waals surface area contributed by atoms with Gasteiger partial charge in [0, 0.05) is 6.42 Å². The van der Waals surface area contributed by atoms with Crippen molar-refractivity contribution in [1.82, 2.24) is 14.5 Å². The molecular weight excluding hydrogens is 296 g/mol. The molecule has 1 aromatic carbocycles. The summed E-state index contributed by atoms with van der Waals surface area (Å²) in [7, 11) is 0. The second-order valence-corrected chi connectivity index (χ2v) is 5.17. The molecule has 2 rings (SSSR count). The third-order valence-electron chi connectivity index (χ3n) is 3.37. The zero-order valence-corrected chi connectivity index (χ0v) is 13.7. The van der Waals surface area contributed by atoms with Gasteiger partial charge in [0.05, 0.1) is 13.2 Å². The zero-order chi connectivity index (χ0) is 16.8. The van der Waals surface area contributed by atoms with Crippen LogP contribution in [0.4, 0.5) is 0 Å². The number of aromatic nitrogens is 3. The Morgan fingerprint density at radius 1 is 1.26 bits per heavy atom. The van der Waals surface area contributed by atoms with Gasteiger partial charge in [-0.1, -0.05) is 36.8 Å². The molecule has 0 unspecified atom stereocenters. The Hall–Kier alpha value is -2.57. The van der Waals surface area contributed by atoms with E-state index in [0.717, 1.165) is 10.2 Å². The van der Waals surface area contributed by atoms with Crippen molar-refractivity contribution in [3.63, 3.8) is 0 Å². The first-order valence-corrected chi connectivity index (χ1v) is 7.69. The molecule has 124 valence electrons. The van der Waals surface area contributed by atoms with E-state index in [1.807, 2.05) is 38.1 Å². The van der Waals surface area contributed by atoms with Crippen LogP contribution in [0.2, 0.25) is 0 Å². The Bertz CT molecular complexity index is 716. The first-order valence-electron chi connectivity index (χ1n) is 7.69. The molecule has 2 aromatic rings. The molecule has 0 radical (unpaired) electrons. The van der Waals surface area contributed by atoms with E-state index in [0.29, 0.717) is 18.8 Å². The zero-order valence-electron chi connectivity index (χ0n) is 13.7. The van der Waals surface area contributed by atoms with E-state index < -0.39 is 5.97 Å². The summed E-state index contributed by atoms with van der Waals surface area (Å²) in [5.74, 6) is 0.104. The van der Waals surface area contributed by atoms with E-state index in [1.165, 1.54) is 10.2 Å². The molecule has 23 heavy (non-hydrogen) atoms. The van der Waals surface area contributed by atoms with Gasteiger partial charge in [0.2, 0.25) is 0 Å². The highest BCUT2D eigenvalue weighted by atomic mass is 16.5. The van der Waals surface area contributed by atoms with Crippen LogP contribution < -0.4 is 11.1 Å². The second-order valence-electron chi connectivity index (χ2n) is 5.17. The monoisotopic (exact) mass is 318 g/mol. The normalized spacial score (nSPS) is 10.6. The molecule has 0 atom stereocenters. The maximum Gasteiger partial charge on any atom is 0.365 e. The molecule has 0 amide bonds. The molecule has 0 aliphatic heterocycles. The van der Waals surface area contributed by atoms with Crippen LogP contribution in [-0.4, -0.2) is 27.0 Å². The fourth-order valence-corrected chi connectivity index (χ4v) is 2.15. The van der Waals surface area contributed by atoms with Gasteiger partial charge in [-0.3, -0.25) is 4.79 Å². The Labute approximate surface area is 134 Å². The molecule has 0 saturated heterocycles. The van der Waals surface area contributed by atoms with Crippen molar-refractivity contribution in [2.75, 3.05) is 12.0 Å². The molecule has 7 heteroatoms. The van der Waals surface area contributed by atoms with Gasteiger partial charge in [0.25, 0.3) is 0 Å². The van der Waals surface area contributed by atoms with Gasteiger partial charge in [0.15, 0.2) is 5.82 Å². The van der Waals surface area contributed by atoms with Crippen LogP contribution in [-0.2, 0) is 29.0 Å². The summed E-state index contributed by atoms with van der Waals surface area (Å²) in [5, 5.41) is 4.18. The van der Waals surface area contributed by atoms with E-state index >= 15 is 0 Å². The van der Waals surface area contributed by atoms with Crippen molar-refractivity contribution in [3.8, 4) is 0 Å². The van der Waals surface area contributed by atoms with Crippen molar-refractivity contribution in [3.05, 3.63) is 51.7 Å². The molecule has 0 fully saturated rings. The lowest BCUT2D eigenvalue weighted by Gasteiger charge is -2.08. The first-order chi connectivity index (χ1) is 11.0. The fraction of sp³-hybridized carbons (Fsp3) is 0.438. The minimum Gasteiger partial charge on any atom is -0.465 e. The highest BCUT2D eigenvalue weighted by Crippen LogP contribution is 2.03. The minimum atomic E-state index is -0.472. The van der Waals surface area contributed by atoms with Crippen molar-refractivity contribution in [1.29, 1.82) is 0 Å². The van der Waals surface area contributed by atoms with E-state index in [1.54, 1.807) is 6.92 Å². The topological polar surface area (TPSA) is 78.2 Å². The van der Waals surface area contributed by atoms with Gasteiger partial charge in [-0.15, -0.1) is 0 Å². The lowest BCUT2D eigenvalue weighted by molar-refractivity contribution is -0.144. The summed E-state index contributed by atoms with van der Waals surface area (Å²) in [6, 6.07) is 8.04. The van der Waals surface area contributed by atoms with Crippen LogP contribution in [0.25, 0.3) is 0 Å². The number of nitrogens with zero attached hydrogens (tertiary/aromatic N) is 3. The Morgan fingerprint density at radius 3 is 2.57 bits per heavy atom. The number of ether oxygens (including phenoxy) is 1. The maximum atomic E-state index is 12.4. The summed E-state index contributed by atoms with van der Waals surface area (Å²) >= 11 is 0. The summed E-state index contributed by atoms with van der Waals surface area (Å²) in [4.78, 5) is 23.9. The first kappa shape index (κ1) is 16.8. The van der Waals surface area contributed by atoms with Gasteiger partial charge in [-0.05, 0) is 19.4 Å². The van der Waals surface area contributed by atoms with Crippen LogP contribution in [0.5, 0.6) is 0 Å². The van der Waals surface area contributed by atoms with Gasteiger partial charge in [-0.2, -0.15) is 9.77 Å². The van der Waals surface area contributed by atoms with Crippen LogP contribution >= 0.6 is 0 Å². The molecule has 0 aliphatic carbocycles. The SMILES string of the molecule is CCOC(=O)Cn1nc(CC)n(NCc2ccc(C)cc2)c1=O. The van der Waals surface area contributed by atoms with Gasteiger partial charge in [0.1, 0.15) is 6.54 Å². The van der Waals surface area contributed by atoms with Crippen LogP contribution in [0.15, 0.2) is 29.1 Å². The number of rotatable bonds is 7. The number of carbonyl (C=O) groups is 1. The van der Waals surface area contributed by atoms with Crippen LogP contribution in [0, 0.1) is 6.92 Å². The Kier molecular flexibility index (Phi) is 5.56. The number of hydrogen-bond donors (Lipinski definition) is 1. The van der Waals surface area contributed by atoms with E-state index in [2.05, 4.69) is 10.5 Å². The van der Waals surface area contributed by atoms with Gasteiger partial charge in [-0.25, -0.2) is 9.48 Å². The number of esters is 1. The Balaban J connectivity index is 2.14. The maximum absolute atomic E-state index is 12.4. The smallest absolute Gasteiger partial charge is 0.365 e. The highest BCUT2D eigenvalue weighted by Gasteiger charge is 2.14. The summed E-state index contributed by atoms with van der Waals surface area (Å²) < 4.78 is 7.37. The number of hydrogen-bond acceptors (Lipinski definition) is 5. The standard InChI is InChI=1S/C16H22N4O3/c1-4-14-18-19(11-15(21)23-5-2)16(22)20(14)17-10-13-8-6-12(3)7-9-13/h6-9,17H,4-5,10-11H2,1-3H3. The van der Waals surface area contributed by atoms with E-state index in [9.17, 15) is 9.59 Å². The highest BCUT2D eigenvalue weighted by molar-refractivity contribution is 5.68. The van der Waals surface area contributed by atoms with Crippen LogP contribution in [0.1, 0.15) is 30.8 Å². The fourth-order valence-electron chi connectivity index (χ4n) is 2.15. The minimum absolute atomic E-state index is 0.182. The summed E-state index contributed by atoms with van der Waals surface area (Å²) in [5.41, 5.74) is 4.93. The largest absolute Gasteiger partial charge is 0.465 e.